The maximum Gasteiger partial charge on any atom is 0.178 e. The van der Waals surface area contributed by atoms with Crippen LogP contribution in [-0.2, 0) is 6.54 Å². The summed E-state index contributed by atoms with van der Waals surface area (Å²) in [5, 5.41) is 3.70. The predicted octanol–water partition coefficient (Wildman–Crippen LogP) is 2.12. The zero-order valence-electron chi connectivity index (χ0n) is 13.2. The summed E-state index contributed by atoms with van der Waals surface area (Å²) in [4.78, 5) is 18.6. The molecule has 122 valence electrons. The first-order chi connectivity index (χ1) is 11.0. The summed E-state index contributed by atoms with van der Waals surface area (Å²) < 4.78 is 7.41. The molecule has 2 rings (SSSR count). The SMILES string of the molecule is COc1ccc(C(=O)C(Cn2cncn2)SC(=S)N(C)C)cc1. The molecule has 2 aromatic rings. The number of aromatic nitrogens is 3. The van der Waals surface area contributed by atoms with Crippen molar-refractivity contribution < 1.29 is 9.53 Å². The van der Waals surface area contributed by atoms with Crippen molar-refractivity contribution in [3.63, 3.8) is 0 Å². The van der Waals surface area contributed by atoms with Gasteiger partial charge >= 0.3 is 0 Å². The number of hydrogen-bond acceptors (Lipinski definition) is 6. The number of thiocarbonyl (C=S) groups is 1. The highest BCUT2D eigenvalue weighted by molar-refractivity contribution is 8.23. The molecule has 0 aliphatic carbocycles. The molecule has 0 aliphatic heterocycles. The van der Waals surface area contributed by atoms with Gasteiger partial charge in [-0.2, -0.15) is 5.10 Å². The smallest absolute Gasteiger partial charge is 0.178 e. The zero-order valence-corrected chi connectivity index (χ0v) is 14.8. The monoisotopic (exact) mass is 350 g/mol. The van der Waals surface area contributed by atoms with Crippen LogP contribution in [0.2, 0.25) is 0 Å². The second-order valence-corrected chi connectivity index (χ2v) is 6.81. The molecular weight excluding hydrogens is 332 g/mol. The first kappa shape index (κ1) is 17.4. The third kappa shape index (κ3) is 4.77. The van der Waals surface area contributed by atoms with Crippen molar-refractivity contribution in [2.75, 3.05) is 21.2 Å². The highest BCUT2D eigenvalue weighted by Gasteiger charge is 2.24. The summed E-state index contributed by atoms with van der Waals surface area (Å²) in [6.45, 7) is 0.406. The topological polar surface area (TPSA) is 60.3 Å². The number of Topliss-reactive ketones (excluding diaryl/α,β-unsaturated/α-hetero) is 1. The number of methoxy groups -OCH3 is 1. The summed E-state index contributed by atoms with van der Waals surface area (Å²) in [7, 11) is 5.31. The minimum atomic E-state index is -0.375. The van der Waals surface area contributed by atoms with Gasteiger partial charge in [0.15, 0.2) is 5.78 Å². The Morgan fingerprint density at radius 3 is 2.61 bits per heavy atom. The Morgan fingerprint density at radius 2 is 2.09 bits per heavy atom. The fourth-order valence-electron chi connectivity index (χ4n) is 1.84. The number of ketones is 1. The molecule has 0 fully saturated rings. The van der Waals surface area contributed by atoms with Crippen LogP contribution in [0.15, 0.2) is 36.9 Å². The number of thioether (sulfide) groups is 1. The maximum atomic E-state index is 12.8. The van der Waals surface area contributed by atoms with Crippen molar-refractivity contribution in [3.8, 4) is 5.75 Å². The molecule has 0 saturated carbocycles. The van der Waals surface area contributed by atoms with Crippen molar-refractivity contribution in [1.29, 1.82) is 0 Å². The quantitative estimate of drug-likeness (QED) is 0.584. The predicted molar refractivity (Wildman–Crippen MR) is 95.0 cm³/mol. The lowest BCUT2D eigenvalue weighted by molar-refractivity contribution is 0.0983. The van der Waals surface area contributed by atoms with E-state index in [9.17, 15) is 4.79 Å². The Labute approximate surface area is 144 Å². The summed E-state index contributed by atoms with van der Waals surface area (Å²) in [6.07, 6.45) is 3.04. The maximum absolute atomic E-state index is 12.8. The van der Waals surface area contributed by atoms with E-state index in [-0.39, 0.29) is 11.0 Å². The number of benzene rings is 1. The summed E-state index contributed by atoms with van der Waals surface area (Å²) >= 11 is 6.68. The number of rotatable bonds is 6. The van der Waals surface area contributed by atoms with Gasteiger partial charge in [-0.05, 0) is 24.3 Å². The van der Waals surface area contributed by atoms with E-state index in [1.165, 1.54) is 18.1 Å². The van der Waals surface area contributed by atoms with Crippen molar-refractivity contribution in [3.05, 3.63) is 42.5 Å². The number of hydrogen-bond donors (Lipinski definition) is 0. The number of carbonyl (C=O) groups excluding carboxylic acids is 1. The van der Waals surface area contributed by atoms with Crippen LogP contribution in [0.25, 0.3) is 0 Å². The third-order valence-electron chi connectivity index (χ3n) is 3.09. The van der Waals surface area contributed by atoms with E-state index in [1.807, 2.05) is 19.0 Å². The van der Waals surface area contributed by atoms with Gasteiger partial charge < -0.3 is 9.64 Å². The van der Waals surface area contributed by atoms with Gasteiger partial charge in [-0.3, -0.25) is 9.48 Å². The lowest BCUT2D eigenvalue weighted by Gasteiger charge is -2.19. The molecule has 0 saturated heterocycles. The molecule has 8 heteroatoms. The highest BCUT2D eigenvalue weighted by Crippen LogP contribution is 2.22. The van der Waals surface area contributed by atoms with Crippen LogP contribution in [0.4, 0.5) is 0 Å². The molecule has 6 nitrogen and oxygen atoms in total. The molecule has 0 amide bonds. The van der Waals surface area contributed by atoms with Gasteiger partial charge in [-0.25, -0.2) is 4.98 Å². The molecule has 0 aliphatic rings. The van der Waals surface area contributed by atoms with Crippen molar-refractivity contribution in [2.45, 2.75) is 11.8 Å². The normalized spacial score (nSPS) is 11.8. The van der Waals surface area contributed by atoms with Gasteiger partial charge in [-0.15, -0.1) is 0 Å². The molecule has 1 aromatic carbocycles. The zero-order chi connectivity index (χ0) is 16.8. The minimum Gasteiger partial charge on any atom is -0.497 e. The Morgan fingerprint density at radius 1 is 1.39 bits per heavy atom. The molecular formula is C15H18N4O2S2. The summed E-state index contributed by atoms with van der Waals surface area (Å²) in [6, 6.07) is 7.06. The standard InChI is InChI=1S/C15H18N4O2S2/c1-18(2)15(22)23-13(8-19-10-16-9-17-19)14(20)11-4-6-12(21-3)7-5-11/h4-7,9-10,13H,8H2,1-3H3. The molecule has 1 heterocycles. The lowest BCUT2D eigenvalue weighted by Crippen LogP contribution is -2.28. The Balaban J connectivity index is 2.19. The number of carbonyl (C=O) groups is 1. The van der Waals surface area contributed by atoms with Gasteiger partial charge in [-0.1, -0.05) is 24.0 Å². The largest absolute Gasteiger partial charge is 0.497 e. The third-order valence-corrected chi connectivity index (χ3v) is 4.96. The van der Waals surface area contributed by atoms with E-state index in [1.54, 1.807) is 42.4 Å². The molecule has 0 radical (unpaired) electrons. The van der Waals surface area contributed by atoms with Crippen LogP contribution in [0.3, 0.4) is 0 Å². The minimum absolute atomic E-state index is 0.00245. The Hall–Kier alpha value is -1.93. The number of nitrogens with zero attached hydrogens (tertiary/aromatic N) is 4. The molecule has 1 aromatic heterocycles. The van der Waals surface area contributed by atoms with Crippen LogP contribution < -0.4 is 4.74 Å². The van der Waals surface area contributed by atoms with E-state index < -0.39 is 0 Å². The second kappa shape index (κ2) is 8.07. The van der Waals surface area contributed by atoms with Crippen molar-refractivity contribution >= 4 is 34.1 Å². The molecule has 1 unspecified atom stereocenters. The van der Waals surface area contributed by atoms with Gasteiger partial charge in [0.1, 0.15) is 22.7 Å². The van der Waals surface area contributed by atoms with Gasteiger partial charge in [0.2, 0.25) is 0 Å². The average Bonchev–Trinajstić information content (AvgIpc) is 3.06. The van der Waals surface area contributed by atoms with E-state index in [2.05, 4.69) is 10.1 Å². The van der Waals surface area contributed by atoms with E-state index in [0.717, 1.165) is 0 Å². The van der Waals surface area contributed by atoms with E-state index >= 15 is 0 Å². The fraction of sp³-hybridized carbons (Fsp3) is 0.333. The highest BCUT2D eigenvalue weighted by atomic mass is 32.2. The van der Waals surface area contributed by atoms with Crippen molar-refractivity contribution in [2.24, 2.45) is 0 Å². The molecule has 1 atom stereocenters. The van der Waals surface area contributed by atoms with Crippen LogP contribution in [0, 0.1) is 0 Å². The van der Waals surface area contributed by atoms with E-state index in [0.29, 0.717) is 22.2 Å². The van der Waals surface area contributed by atoms with Gasteiger partial charge in [0, 0.05) is 19.7 Å². The first-order valence-corrected chi connectivity index (χ1v) is 8.18. The molecule has 0 bridgehead atoms. The summed E-state index contributed by atoms with van der Waals surface area (Å²) in [5.74, 6) is 0.711. The Bertz CT molecular complexity index is 657. The Kier molecular flexibility index (Phi) is 6.12. The summed E-state index contributed by atoms with van der Waals surface area (Å²) in [5.41, 5.74) is 0.616. The molecule has 0 N–H and O–H groups in total. The average molecular weight is 350 g/mol. The second-order valence-electron chi connectivity index (χ2n) is 4.98. The fourth-order valence-corrected chi connectivity index (χ4v) is 3.11. The lowest BCUT2D eigenvalue weighted by atomic mass is 10.1. The van der Waals surface area contributed by atoms with Gasteiger partial charge in [0.25, 0.3) is 0 Å². The molecule has 0 spiro atoms. The van der Waals surface area contributed by atoms with Crippen LogP contribution in [0.1, 0.15) is 10.4 Å². The van der Waals surface area contributed by atoms with Crippen LogP contribution in [-0.4, -0.2) is 56.2 Å². The molecule has 23 heavy (non-hydrogen) atoms. The first-order valence-electron chi connectivity index (χ1n) is 6.90. The van der Waals surface area contributed by atoms with Crippen LogP contribution in [0.5, 0.6) is 5.75 Å². The van der Waals surface area contributed by atoms with Crippen LogP contribution >= 0.6 is 24.0 Å². The van der Waals surface area contributed by atoms with Gasteiger partial charge in [0.05, 0.1) is 18.9 Å². The van der Waals surface area contributed by atoms with E-state index in [4.69, 9.17) is 17.0 Å². The number of ether oxygens (including phenoxy) is 1. The van der Waals surface area contributed by atoms with Crippen molar-refractivity contribution in [1.82, 2.24) is 19.7 Å².